The Morgan fingerprint density at radius 1 is 0.760 bits per heavy atom. The lowest BCUT2D eigenvalue weighted by molar-refractivity contribution is -0.121. The van der Waals surface area contributed by atoms with Crippen molar-refractivity contribution in [3.63, 3.8) is 0 Å². The van der Waals surface area contributed by atoms with Crippen LogP contribution in [0.5, 0.6) is 0 Å². The van der Waals surface area contributed by atoms with Crippen molar-refractivity contribution in [3.8, 4) is 0 Å². The summed E-state index contributed by atoms with van der Waals surface area (Å²) in [6.45, 7) is 4.24. The second kappa shape index (κ2) is 21.0. The number of aromatic carboxylic acids is 2. The number of carboxylic acids is 2. The maximum Gasteiger partial charge on any atom is 0.335 e. The number of anilines is 2. The molecule has 0 radical (unpaired) electrons. The third-order valence-electron chi connectivity index (χ3n) is 8.67. The molecule has 2 unspecified atom stereocenters. The van der Waals surface area contributed by atoms with Gasteiger partial charge in [0.15, 0.2) is 5.25 Å². The Bertz CT molecular complexity index is 1450. The molecule has 13 heteroatoms. The highest BCUT2D eigenvalue weighted by Crippen LogP contribution is 2.26. The van der Waals surface area contributed by atoms with Crippen molar-refractivity contribution >= 4 is 58.0 Å². The van der Waals surface area contributed by atoms with E-state index in [-0.39, 0.29) is 28.4 Å². The first-order valence-electron chi connectivity index (χ1n) is 17.7. The van der Waals surface area contributed by atoms with E-state index in [0.29, 0.717) is 17.4 Å². The number of hydrazine groups is 1. The average molecular weight is 711 g/mol. The van der Waals surface area contributed by atoms with Crippen molar-refractivity contribution < 1.29 is 39.0 Å². The molecule has 2 aromatic rings. The third kappa shape index (κ3) is 12.8. The van der Waals surface area contributed by atoms with E-state index in [9.17, 15) is 39.0 Å². The Hall–Kier alpha value is -4.39. The Morgan fingerprint density at radius 2 is 1.26 bits per heavy atom. The molecule has 0 aromatic heterocycles. The van der Waals surface area contributed by atoms with Crippen molar-refractivity contribution in [3.05, 3.63) is 59.2 Å². The molecule has 0 aliphatic carbocycles. The van der Waals surface area contributed by atoms with Crippen molar-refractivity contribution in [2.45, 2.75) is 121 Å². The highest BCUT2D eigenvalue weighted by atomic mass is 32.2. The maximum absolute atomic E-state index is 13.1. The topological polar surface area (TPSA) is 182 Å². The van der Waals surface area contributed by atoms with Crippen LogP contribution in [0.1, 0.15) is 141 Å². The summed E-state index contributed by atoms with van der Waals surface area (Å²) >= 11 is 0.649. The first kappa shape index (κ1) is 40.0. The number of hydrogen-bond acceptors (Lipinski definition) is 7. The van der Waals surface area contributed by atoms with Crippen molar-refractivity contribution in [2.24, 2.45) is 0 Å². The molecule has 5 N–H and O–H groups in total. The number of nitrogens with zero attached hydrogens (tertiary/aromatic N) is 1. The Morgan fingerprint density at radius 3 is 1.76 bits per heavy atom. The Labute approximate surface area is 298 Å². The summed E-state index contributed by atoms with van der Waals surface area (Å²) in [4.78, 5) is 74.1. The number of carboxylic acid groups (broad SMARTS) is 2. The minimum Gasteiger partial charge on any atom is -0.478 e. The number of hydrogen-bond donors (Lipinski definition) is 5. The van der Waals surface area contributed by atoms with E-state index < -0.39 is 40.1 Å². The highest BCUT2D eigenvalue weighted by molar-refractivity contribution is 8.15. The summed E-state index contributed by atoms with van der Waals surface area (Å²) in [6.07, 6.45) is 18.1. The van der Waals surface area contributed by atoms with Gasteiger partial charge in [0.2, 0.25) is 0 Å². The number of nitrogens with one attached hydrogen (secondary N) is 3. The molecule has 1 fully saturated rings. The zero-order chi connectivity index (χ0) is 36.5. The summed E-state index contributed by atoms with van der Waals surface area (Å²) < 4.78 is 0. The molecule has 272 valence electrons. The van der Waals surface area contributed by atoms with Gasteiger partial charge in [-0.05, 0) is 67.1 Å². The molecule has 0 saturated carbocycles. The van der Waals surface area contributed by atoms with Crippen LogP contribution in [0.15, 0.2) is 42.5 Å². The zero-order valence-electron chi connectivity index (χ0n) is 29.0. The van der Waals surface area contributed by atoms with E-state index in [1.54, 1.807) is 0 Å². The lowest BCUT2D eigenvalue weighted by atomic mass is 10.0. The fraction of sp³-hybridized carbons (Fsp3) is 0.514. The molecule has 0 spiro atoms. The van der Waals surface area contributed by atoms with Gasteiger partial charge >= 0.3 is 11.9 Å². The fourth-order valence-electron chi connectivity index (χ4n) is 5.75. The molecule has 12 nitrogen and oxygen atoms in total. The SMILES string of the molecule is CCCCCCCCCCCCCCCC(CC)NC(=O)SC1C(=O)NN(c2ccc(NC(=O)c3cc(C(=O)O)cc(C(=O)O)c3)cc2)C1=O. The van der Waals surface area contributed by atoms with Crippen LogP contribution in [0.25, 0.3) is 0 Å². The number of unbranched alkanes of at least 4 members (excludes halogenated alkanes) is 12. The molecule has 1 aliphatic heterocycles. The van der Waals surface area contributed by atoms with E-state index in [0.717, 1.165) is 48.9 Å². The van der Waals surface area contributed by atoms with Gasteiger partial charge in [0.25, 0.3) is 23.0 Å². The summed E-state index contributed by atoms with van der Waals surface area (Å²) in [5.41, 5.74) is 2.18. The first-order valence-corrected chi connectivity index (χ1v) is 18.6. The number of carbonyl (C=O) groups excluding carboxylic acids is 4. The number of benzene rings is 2. The average Bonchev–Trinajstić information content (AvgIpc) is 3.38. The Kier molecular flexibility index (Phi) is 16.8. The number of rotatable bonds is 22. The van der Waals surface area contributed by atoms with Gasteiger partial charge in [0, 0.05) is 17.3 Å². The highest BCUT2D eigenvalue weighted by Gasteiger charge is 2.42. The Balaban J connectivity index is 1.41. The second-order valence-electron chi connectivity index (χ2n) is 12.6. The maximum atomic E-state index is 13.1. The van der Waals surface area contributed by atoms with E-state index in [1.807, 2.05) is 6.92 Å². The molecule has 1 saturated heterocycles. The molecule has 2 atom stereocenters. The lowest BCUT2D eigenvalue weighted by Gasteiger charge is -2.18. The number of amides is 4. The smallest absolute Gasteiger partial charge is 0.335 e. The van der Waals surface area contributed by atoms with Gasteiger partial charge in [0.1, 0.15) is 0 Å². The van der Waals surface area contributed by atoms with E-state index in [4.69, 9.17) is 0 Å². The normalized spacial score (nSPS) is 14.7. The van der Waals surface area contributed by atoms with Gasteiger partial charge in [0.05, 0.1) is 16.8 Å². The zero-order valence-corrected chi connectivity index (χ0v) is 29.8. The predicted octanol–water partition coefficient (Wildman–Crippen LogP) is 7.78. The number of thioether (sulfide) groups is 1. The molecule has 0 bridgehead atoms. The van der Waals surface area contributed by atoms with Crippen LogP contribution in [-0.4, -0.2) is 56.4 Å². The molecule has 4 amide bonds. The minimum atomic E-state index is -1.38. The van der Waals surface area contributed by atoms with E-state index >= 15 is 0 Å². The molecular formula is C37H50N4O8S. The van der Waals surface area contributed by atoms with Crippen LogP contribution in [-0.2, 0) is 9.59 Å². The summed E-state index contributed by atoms with van der Waals surface area (Å²) in [6, 6.07) is 8.91. The van der Waals surface area contributed by atoms with Gasteiger partial charge in [-0.1, -0.05) is 97.3 Å². The van der Waals surface area contributed by atoms with Crippen LogP contribution in [0.4, 0.5) is 16.2 Å². The van der Waals surface area contributed by atoms with Crippen LogP contribution in [0, 0.1) is 0 Å². The van der Waals surface area contributed by atoms with Gasteiger partial charge < -0.3 is 20.8 Å². The molecule has 50 heavy (non-hydrogen) atoms. The monoisotopic (exact) mass is 710 g/mol. The van der Waals surface area contributed by atoms with Crippen LogP contribution >= 0.6 is 11.8 Å². The third-order valence-corrected chi connectivity index (χ3v) is 9.66. The first-order chi connectivity index (χ1) is 24.0. The van der Waals surface area contributed by atoms with Gasteiger partial charge in [-0.25, -0.2) is 14.6 Å². The summed E-state index contributed by atoms with van der Waals surface area (Å²) in [5.74, 6) is -4.73. The predicted molar refractivity (Wildman–Crippen MR) is 195 cm³/mol. The van der Waals surface area contributed by atoms with Gasteiger partial charge in [-0.15, -0.1) is 0 Å². The summed E-state index contributed by atoms with van der Waals surface area (Å²) in [5, 5.41) is 23.4. The number of carbonyl (C=O) groups is 6. The largest absolute Gasteiger partial charge is 0.478 e. The van der Waals surface area contributed by atoms with E-state index in [2.05, 4.69) is 23.0 Å². The van der Waals surface area contributed by atoms with E-state index in [1.165, 1.54) is 94.9 Å². The van der Waals surface area contributed by atoms with Crippen molar-refractivity contribution in [1.29, 1.82) is 0 Å². The van der Waals surface area contributed by atoms with Crippen molar-refractivity contribution in [1.82, 2.24) is 10.7 Å². The van der Waals surface area contributed by atoms with Gasteiger partial charge in [-0.2, -0.15) is 0 Å². The van der Waals surface area contributed by atoms with Crippen LogP contribution in [0.3, 0.4) is 0 Å². The minimum absolute atomic E-state index is 0.0385. The van der Waals surface area contributed by atoms with Gasteiger partial charge in [-0.3, -0.25) is 24.6 Å². The van der Waals surface area contributed by atoms with Crippen LogP contribution < -0.4 is 21.1 Å². The summed E-state index contributed by atoms with van der Waals surface area (Å²) in [7, 11) is 0. The molecular weight excluding hydrogens is 660 g/mol. The van der Waals surface area contributed by atoms with Crippen molar-refractivity contribution in [2.75, 3.05) is 10.3 Å². The fourth-order valence-corrected chi connectivity index (χ4v) is 6.56. The molecule has 3 rings (SSSR count). The molecule has 1 aliphatic rings. The van der Waals surface area contributed by atoms with Crippen LogP contribution in [0.2, 0.25) is 0 Å². The quantitative estimate of drug-likeness (QED) is 0.0602. The molecule has 2 aromatic carbocycles. The second-order valence-corrected chi connectivity index (χ2v) is 13.7. The standard InChI is InChI=1S/C37H50N4O8S/c1-3-5-6-7-8-9-10-11-12-13-14-15-16-17-28(4-2)39-37(49)50-31-33(43)40-41(34(31)44)30-20-18-29(19-21-30)38-32(42)25-22-26(35(45)46)24-27(23-25)36(47)48/h18-24,28,31H,3-17H2,1-2H3,(H,38,42)(H,39,49)(H,40,43)(H,45,46)(H,47,48). The molecule has 1 heterocycles. The lowest BCUT2D eigenvalue weighted by Crippen LogP contribution is -2.36.